The highest BCUT2D eigenvalue weighted by atomic mass is 16.5. The Hall–Kier alpha value is -3.22. The van der Waals surface area contributed by atoms with Gasteiger partial charge in [0.05, 0.1) is 11.8 Å². The zero-order valence-electron chi connectivity index (χ0n) is 13.3. The van der Waals surface area contributed by atoms with Crippen molar-refractivity contribution in [2.75, 3.05) is 0 Å². The molecule has 0 saturated carbocycles. The van der Waals surface area contributed by atoms with Crippen molar-refractivity contribution >= 4 is 23.3 Å². The Morgan fingerprint density at radius 2 is 2.25 bits per heavy atom. The third-order valence-electron chi connectivity index (χ3n) is 3.27. The standard InChI is InChI=1S/C17H17N5O2/c1-10(2)21-17(23)13-8-19-16-15(13)22-14(9-20-16)24-12-5-3-4-11(6-12)7-18/h3-10,18H,1-2H3,(H,19,20)(H,21,23). The molecule has 7 heteroatoms. The van der Waals surface area contributed by atoms with Gasteiger partial charge in [0.2, 0.25) is 5.88 Å². The van der Waals surface area contributed by atoms with Gasteiger partial charge in [0, 0.05) is 18.5 Å². The van der Waals surface area contributed by atoms with Crippen LogP contribution in [0.15, 0.2) is 36.7 Å². The number of carbonyl (C=O) groups is 1. The summed E-state index contributed by atoms with van der Waals surface area (Å²) in [4.78, 5) is 23.8. The van der Waals surface area contributed by atoms with Crippen LogP contribution in [0.1, 0.15) is 29.8 Å². The van der Waals surface area contributed by atoms with Crippen LogP contribution >= 0.6 is 0 Å². The van der Waals surface area contributed by atoms with Crippen molar-refractivity contribution in [1.82, 2.24) is 20.3 Å². The second-order valence-corrected chi connectivity index (χ2v) is 5.55. The number of benzene rings is 1. The minimum absolute atomic E-state index is 0.0266. The maximum absolute atomic E-state index is 12.2. The molecule has 7 nitrogen and oxygen atoms in total. The third-order valence-corrected chi connectivity index (χ3v) is 3.27. The lowest BCUT2D eigenvalue weighted by Gasteiger charge is -2.07. The van der Waals surface area contributed by atoms with E-state index in [0.717, 1.165) is 5.56 Å². The molecule has 0 atom stereocenters. The number of rotatable bonds is 5. The molecule has 1 aromatic carbocycles. The predicted molar refractivity (Wildman–Crippen MR) is 90.9 cm³/mol. The fourth-order valence-corrected chi connectivity index (χ4v) is 2.23. The zero-order chi connectivity index (χ0) is 17.1. The monoisotopic (exact) mass is 323 g/mol. The Morgan fingerprint density at radius 3 is 3.00 bits per heavy atom. The highest BCUT2D eigenvalue weighted by Crippen LogP contribution is 2.23. The van der Waals surface area contributed by atoms with Crippen LogP contribution in [-0.4, -0.2) is 33.1 Å². The largest absolute Gasteiger partial charge is 0.437 e. The van der Waals surface area contributed by atoms with Gasteiger partial charge in [0.25, 0.3) is 5.91 Å². The van der Waals surface area contributed by atoms with Gasteiger partial charge in [0.15, 0.2) is 5.65 Å². The summed E-state index contributed by atoms with van der Waals surface area (Å²) in [5.41, 5.74) is 2.11. The molecule has 1 amide bonds. The molecule has 0 radical (unpaired) electrons. The summed E-state index contributed by atoms with van der Waals surface area (Å²) >= 11 is 0. The number of aromatic nitrogens is 3. The number of H-pyrrole nitrogens is 1. The van der Waals surface area contributed by atoms with Crippen LogP contribution in [0.2, 0.25) is 0 Å². The van der Waals surface area contributed by atoms with E-state index in [-0.39, 0.29) is 17.8 Å². The van der Waals surface area contributed by atoms with Gasteiger partial charge in [-0.3, -0.25) is 4.79 Å². The maximum Gasteiger partial charge on any atom is 0.255 e. The Morgan fingerprint density at radius 1 is 1.42 bits per heavy atom. The van der Waals surface area contributed by atoms with Gasteiger partial charge in [-0.05, 0) is 31.5 Å². The molecule has 0 fully saturated rings. The van der Waals surface area contributed by atoms with Gasteiger partial charge in [-0.1, -0.05) is 12.1 Å². The summed E-state index contributed by atoms with van der Waals surface area (Å²) in [6.45, 7) is 3.78. The second-order valence-electron chi connectivity index (χ2n) is 5.55. The molecule has 3 aromatic rings. The summed E-state index contributed by atoms with van der Waals surface area (Å²) in [5.74, 6) is 0.615. The first-order chi connectivity index (χ1) is 11.6. The lowest BCUT2D eigenvalue weighted by molar-refractivity contribution is 0.0944. The quantitative estimate of drug-likeness (QED) is 0.628. The van der Waals surface area contributed by atoms with E-state index in [9.17, 15) is 4.79 Å². The van der Waals surface area contributed by atoms with Crippen molar-refractivity contribution in [3.63, 3.8) is 0 Å². The Kier molecular flexibility index (Phi) is 4.24. The Labute approximate surface area is 138 Å². The second kappa shape index (κ2) is 6.49. The van der Waals surface area contributed by atoms with E-state index in [1.807, 2.05) is 13.8 Å². The summed E-state index contributed by atoms with van der Waals surface area (Å²) in [6, 6.07) is 7.11. The molecule has 0 aliphatic rings. The van der Waals surface area contributed by atoms with Gasteiger partial charge in [-0.25, -0.2) is 9.97 Å². The topological polar surface area (TPSA) is 104 Å². The summed E-state index contributed by atoms with van der Waals surface area (Å²) < 4.78 is 5.69. The van der Waals surface area contributed by atoms with Crippen LogP contribution in [0.25, 0.3) is 11.2 Å². The van der Waals surface area contributed by atoms with Gasteiger partial charge >= 0.3 is 0 Å². The summed E-state index contributed by atoms with van der Waals surface area (Å²) in [5, 5.41) is 10.1. The van der Waals surface area contributed by atoms with Crippen LogP contribution in [0.5, 0.6) is 11.6 Å². The molecule has 0 spiro atoms. The van der Waals surface area contributed by atoms with E-state index in [0.29, 0.717) is 22.5 Å². The van der Waals surface area contributed by atoms with Crippen LogP contribution in [0.3, 0.4) is 0 Å². The fraction of sp³-hybridized carbons (Fsp3) is 0.176. The third kappa shape index (κ3) is 3.24. The number of amides is 1. The van der Waals surface area contributed by atoms with E-state index < -0.39 is 0 Å². The molecular formula is C17H17N5O2. The van der Waals surface area contributed by atoms with Crippen molar-refractivity contribution in [3.8, 4) is 11.6 Å². The molecular weight excluding hydrogens is 306 g/mol. The van der Waals surface area contributed by atoms with Gasteiger partial charge in [0.1, 0.15) is 11.3 Å². The predicted octanol–water partition coefficient (Wildman–Crippen LogP) is 2.89. The van der Waals surface area contributed by atoms with E-state index in [1.165, 1.54) is 12.4 Å². The molecule has 0 saturated heterocycles. The lowest BCUT2D eigenvalue weighted by atomic mass is 10.2. The minimum atomic E-state index is -0.214. The Bertz CT molecular complexity index is 901. The first-order valence-corrected chi connectivity index (χ1v) is 7.50. The van der Waals surface area contributed by atoms with E-state index in [1.54, 1.807) is 30.5 Å². The molecule has 2 aromatic heterocycles. The van der Waals surface area contributed by atoms with Crippen molar-refractivity contribution in [1.29, 1.82) is 5.41 Å². The number of carbonyl (C=O) groups excluding carboxylic acids is 1. The molecule has 0 unspecified atom stereocenters. The number of ether oxygens (including phenoxy) is 1. The SMILES string of the molecule is CC(C)NC(=O)c1c[nH]c2ncc(Oc3cccc(C=N)c3)nc12. The van der Waals surface area contributed by atoms with Crippen molar-refractivity contribution in [3.05, 3.63) is 47.8 Å². The highest BCUT2D eigenvalue weighted by Gasteiger charge is 2.16. The number of fused-ring (bicyclic) bond motifs is 1. The van der Waals surface area contributed by atoms with Gasteiger partial charge < -0.3 is 20.4 Å². The van der Waals surface area contributed by atoms with Crippen molar-refractivity contribution in [2.24, 2.45) is 0 Å². The zero-order valence-corrected chi connectivity index (χ0v) is 13.3. The van der Waals surface area contributed by atoms with Gasteiger partial charge in [-0.2, -0.15) is 0 Å². The summed E-state index contributed by atoms with van der Waals surface area (Å²) in [7, 11) is 0. The highest BCUT2D eigenvalue weighted by molar-refractivity contribution is 6.04. The van der Waals surface area contributed by atoms with E-state index in [4.69, 9.17) is 10.1 Å². The van der Waals surface area contributed by atoms with Crippen molar-refractivity contribution in [2.45, 2.75) is 19.9 Å². The van der Waals surface area contributed by atoms with Crippen LogP contribution in [-0.2, 0) is 0 Å². The fourth-order valence-electron chi connectivity index (χ4n) is 2.23. The molecule has 24 heavy (non-hydrogen) atoms. The molecule has 0 aliphatic heterocycles. The van der Waals surface area contributed by atoms with Crippen LogP contribution < -0.4 is 10.1 Å². The van der Waals surface area contributed by atoms with E-state index in [2.05, 4.69) is 20.3 Å². The average molecular weight is 323 g/mol. The Balaban J connectivity index is 1.92. The first-order valence-electron chi connectivity index (χ1n) is 7.50. The number of aromatic amines is 1. The van der Waals surface area contributed by atoms with Crippen LogP contribution in [0, 0.1) is 5.41 Å². The van der Waals surface area contributed by atoms with Crippen LogP contribution in [0.4, 0.5) is 0 Å². The molecule has 2 heterocycles. The minimum Gasteiger partial charge on any atom is -0.437 e. The normalized spacial score (nSPS) is 10.8. The molecule has 3 rings (SSSR count). The first kappa shape index (κ1) is 15.7. The number of nitrogens with one attached hydrogen (secondary N) is 3. The smallest absolute Gasteiger partial charge is 0.255 e. The number of nitrogens with zero attached hydrogens (tertiary/aromatic N) is 2. The molecule has 122 valence electrons. The van der Waals surface area contributed by atoms with Gasteiger partial charge in [-0.15, -0.1) is 0 Å². The maximum atomic E-state index is 12.2. The summed E-state index contributed by atoms with van der Waals surface area (Å²) in [6.07, 6.45) is 4.31. The van der Waals surface area contributed by atoms with Crippen molar-refractivity contribution < 1.29 is 9.53 Å². The number of hydrogen-bond acceptors (Lipinski definition) is 5. The molecule has 0 aliphatic carbocycles. The lowest BCUT2D eigenvalue weighted by Crippen LogP contribution is -2.29. The molecule has 3 N–H and O–H groups in total. The molecule has 0 bridgehead atoms. The average Bonchev–Trinajstić information content (AvgIpc) is 2.97. The number of hydrogen-bond donors (Lipinski definition) is 3. The van der Waals surface area contributed by atoms with E-state index >= 15 is 0 Å².